The van der Waals surface area contributed by atoms with Crippen molar-refractivity contribution in [3.8, 4) is 5.75 Å². The van der Waals surface area contributed by atoms with Gasteiger partial charge in [-0.3, -0.25) is 4.79 Å². The lowest BCUT2D eigenvalue weighted by Crippen LogP contribution is -2.23. The highest BCUT2D eigenvalue weighted by molar-refractivity contribution is 9.10. The Bertz CT molecular complexity index is 718. The van der Waals surface area contributed by atoms with Crippen molar-refractivity contribution >= 4 is 21.8 Å². The highest BCUT2D eigenvalue weighted by atomic mass is 79.9. The molecule has 1 amide bonds. The minimum absolute atomic E-state index is 0.0596. The van der Waals surface area contributed by atoms with Gasteiger partial charge in [-0.1, -0.05) is 30.3 Å². The molecule has 0 saturated heterocycles. The fraction of sp³-hybridized carbons (Fsp3) is 0.316. The molecule has 24 heavy (non-hydrogen) atoms. The van der Waals surface area contributed by atoms with Crippen LogP contribution in [-0.2, 0) is 24.4 Å². The van der Waals surface area contributed by atoms with E-state index in [2.05, 4.69) is 44.8 Å². The van der Waals surface area contributed by atoms with E-state index in [-0.39, 0.29) is 5.91 Å². The molecule has 4 nitrogen and oxygen atoms in total. The quantitative estimate of drug-likeness (QED) is 0.713. The van der Waals surface area contributed by atoms with Crippen molar-refractivity contribution in [2.24, 2.45) is 0 Å². The summed E-state index contributed by atoms with van der Waals surface area (Å²) in [5.41, 5.74) is 3.84. The van der Waals surface area contributed by atoms with Crippen LogP contribution in [0.4, 0.5) is 0 Å². The highest BCUT2D eigenvalue weighted by Crippen LogP contribution is 2.23. The fourth-order valence-corrected chi connectivity index (χ4v) is 3.12. The van der Waals surface area contributed by atoms with Gasteiger partial charge in [0, 0.05) is 26.1 Å². The summed E-state index contributed by atoms with van der Waals surface area (Å²) in [7, 11) is 0. The molecule has 0 aromatic heterocycles. The molecule has 1 aliphatic rings. The maximum absolute atomic E-state index is 11.9. The molecule has 0 unspecified atom stereocenters. The van der Waals surface area contributed by atoms with Gasteiger partial charge in [0.25, 0.3) is 0 Å². The van der Waals surface area contributed by atoms with E-state index in [4.69, 9.17) is 4.74 Å². The Morgan fingerprint density at radius 3 is 2.88 bits per heavy atom. The third-order valence-corrected chi connectivity index (χ3v) is 4.69. The molecule has 3 rings (SSSR count). The molecule has 1 aliphatic heterocycles. The van der Waals surface area contributed by atoms with Crippen LogP contribution in [0.25, 0.3) is 0 Å². The zero-order chi connectivity index (χ0) is 16.8. The van der Waals surface area contributed by atoms with Crippen LogP contribution in [0, 0.1) is 0 Å². The van der Waals surface area contributed by atoms with Gasteiger partial charge < -0.3 is 15.4 Å². The van der Waals surface area contributed by atoms with Crippen LogP contribution in [-0.4, -0.2) is 12.5 Å². The Hall–Kier alpha value is -1.85. The predicted octanol–water partition coefficient (Wildman–Crippen LogP) is 3.53. The monoisotopic (exact) mass is 388 g/mol. The Morgan fingerprint density at radius 2 is 2.00 bits per heavy atom. The summed E-state index contributed by atoms with van der Waals surface area (Å²) >= 11 is 3.44. The van der Waals surface area contributed by atoms with Crippen LogP contribution >= 0.6 is 15.9 Å². The van der Waals surface area contributed by atoms with Crippen molar-refractivity contribution in [3.05, 3.63) is 63.6 Å². The molecule has 0 fully saturated rings. The summed E-state index contributed by atoms with van der Waals surface area (Å²) in [4.78, 5) is 11.9. The van der Waals surface area contributed by atoms with Crippen LogP contribution in [0.5, 0.6) is 5.75 Å². The van der Waals surface area contributed by atoms with Gasteiger partial charge in [0.1, 0.15) is 5.75 Å². The van der Waals surface area contributed by atoms with Crippen LogP contribution in [0.15, 0.2) is 46.9 Å². The standard InChI is InChI=1S/C19H21BrN2O2/c20-17-4-1-2-5-18(17)24-9-3-6-19(23)22-11-14-7-8-15-12-21-13-16(15)10-14/h1-2,4-5,7-8,10,21H,3,6,9,11-13H2,(H,22,23). The minimum Gasteiger partial charge on any atom is -0.492 e. The molecule has 126 valence electrons. The van der Waals surface area contributed by atoms with Crippen LogP contribution < -0.4 is 15.4 Å². The molecule has 0 spiro atoms. The van der Waals surface area contributed by atoms with E-state index in [0.717, 1.165) is 28.9 Å². The average Bonchev–Trinajstić information content (AvgIpc) is 3.06. The number of benzene rings is 2. The normalized spacial score (nSPS) is 12.7. The van der Waals surface area contributed by atoms with Gasteiger partial charge in [-0.25, -0.2) is 0 Å². The molecule has 0 atom stereocenters. The number of carbonyl (C=O) groups is 1. The zero-order valence-corrected chi connectivity index (χ0v) is 15.1. The molecule has 1 heterocycles. The van der Waals surface area contributed by atoms with Gasteiger partial charge in [0.15, 0.2) is 0 Å². The molecule has 5 heteroatoms. The molecule has 2 aromatic carbocycles. The van der Waals surface area contributed by atoms with E-state index in [9.17, 15) is 4.79 Å². The molecule has 0 saturated carbocycles. The number of nitrogens with one attached hydrogen (secondary N) is 2. The summed E-state index contributed by atoms with van der Waals surface area (Å²) in [5, 5.41) is 6.30. The van der Waals surface area contributed by atoms with Gasteiger partial charge in [0.05, 0.1) is 11.1 Å². The lowest BCUT2D eigenvalue weighted by Gasteiger charge is -2.09. The maximum atomic E-state index is 11.9. The number of hydrogen-bond donors (Lipinski definition) is 2. The van der Waals surface area contributed by atoms with Gasteiger partial charge in [-0.05, 0) is 51.2 Å². The van der Waals surface area contributed by atoms with Crippen molar-refractivity contribution < 1.29 is 9.53 Å². The van der Waals surface area contributed by atoms with Crippen molar-refractivity contribution in [3.63, 3.8) is 0 Å². The summed E-state index contributed by atoms with van der Waals surface area (Å²) in [5.74, 6) is 0.869. The van der Waals surface area contributed by atoms with Crippen molar-refractivity contribution in [2.45, 2.75) is 32.5 Å². The minimum atomic E-state index is 0.0596. The van der Waals surface area contributed by atoms with Crippen molar-refractivity contribution in [2.75, 3.05) is 6.61 Å². The van der Waals surface area contributed by atoms with Crippen molar-refractivity contribution in [1.82, 2.24) is 10.6 Å². The van der Waals surface area contributed by atoms with Crippen LogP contribution in [0.3, 0.4) is 0 Å². The fourth-order valence-electron chi connectivity index (χ4n) is 2.72. The second-order valence-electron chi connectivity index (χ2n) is 5.87. The van der Waals surface area contributed by atoms with Gasteiger partial charge in [-0.15, -0.1) is 0 Å². The summed E-state index contributed by atoms with van der Waals surface area (Å²) in [6.07, 6.45) is 1.16. The third-order valence-electron chi connectivity index (χ3n) is 4.03. The van der Waals surface area contributed by atoms with E-state index in [1.54, 1.807) is 0 Å². The molecule has 2 N–H and O–H groups in total. The molecule has 0 aliphatic carbocycles. The Balaban J connectivity index is 1.36. The predicted molar refractivity (Wildman–Crippen MR) is 97.7 cm³/mol. The van der Waals surface area contributed by atoms with E-state index in [0.29, 0.717) is 26.0 Å². The summed E-state index contributed by atoms with van der Waals surface area (Å²) in [6, 6.07) is 14.1. The SMILES string of the molecule is O=C(CCCOc1ccccc1Br)NCc1ccc2c(c1)CNC2. The topological polar surface area (TPSA) is 50.4 Å². The Labute approximate surface area is 150 Å². The number of hydrogen-bond acceptors (Lipinski definition) is 3. The van der Waals surface area contributed by atoms with Crippen LogP contribution in [0.1, 0.15) is 29.5 Å². The number of ether oxygens (including phenoxy) is 1. The lowest BCUT2D eigenvalue weighted by atomic mass is 10.1. The Morgan fingerprint density at radius 1 is 1.17 bits per heavy atom. The maximum Gasteiger partial charge on any atom is 0.220 e. The first-order valence-corrected chi connectivity index (χ1v) is 8.97. The first-order chi connectivity index (χ1) is 11.7. The summed E-state index contributed by atoms with van der Waals surface area (Å²) < 4.78 is 6.60. The van der Waals surface area contributed by atoms with E-state index in [1.165, 1.54) is 11.1 Å². The van der Waals surface area contributed by atoms with E-state index < -0.39 is 0 Å². The first-order valence-electron chi connectivity index (χ1n) is 8.18. The molecule has 0 bridgehead atoms. The molecule has 2 aromatic rings. The largest absolute Gasteiger partial charge is 0.492 e. The lowest BCUT2D eigenvalue weighted by molar-refractivity contribution is -0.121. The number of fused-ring (bicyclic) bond motifs is 1. The van der Waals surface area contributed by atoms with Gasteiger partial charge in [-0.2, -0.15) is 0 Å². The first kappa shape index (κ1) is 17.0. The number of para-hydroxylation sites is 1. The number of carbonyl (C=O) groups excluding carboxylic acids is 1. The van der Waals surface area contributed by atoms with E-state index in [1.807, 2.05) is 24.3 Å². The average molecular weight is 389 g/mol. The zero-order valence-electron chi connectivity index (χ0n) is 13.5. The number of halogens is 1. The summed E-state index contributed by atoms with van der Waals surface area (Å²) in [6.45, 7) is 2.97. The second kappa shape index (κ2) is 8.31. The van der Waals surface area contributed by atoms with Gasteiger partial charge >= 0.3 is 0 Å². The second-order valence-corrected chi connectivity index (χ2v) is 6.72. The van der Waals surface area contributed by atoms with E-state index >= 15 is 0 Å². The highest BCUT2D eigenvalue weighted by Gasteiger charge is 2.10. The van der Waals surface area contributed by atoms with Crippen molar-refractivity contribution in [1.29, 1.82) is 0 Å². The number of amides is 1. The Kier molecular flexibility index (Phi) is 5.88. The number of rotatable bonds is 7. The van der Waals surface area contributed by atoms with Gasteiger partial charge in [0.2, 0.25) is 5.91 Å². The molecular formula is C19H21BrN2O2. The molecular weight excluding hydrogens is 368 g/mol. The third kappa shape index (κ3) is 4.58. The molecule has 0 radical (unpaired) electrons. The van der Waals surface area contributed by atoms with Crippen LogP contribution in [0.2, 0.25) is 0 Å². The smallest absolute Gasteiger partial charge is 0.220 e.